The number of rotatable bonds is 0. The molecule has 0 saturated heterocycles. The second kappa shape index (κ2) is 4.97. The molecule has 80 valence electrons. The van der Waals surface area contributed by atoms with Crippen molar-refractivity contribution in [3.05, 3.63) is 47.0 Å². The Morgan fingerprint density at radius 3 is 1.80 bits per heavy atom. The predicted molar refractivity (Wildman–Crippen MR) is 69.5 cm³/mol. The van der Waals surface area contributed by atoms with Crippen molar-refractivity contribution in [3.8, 4) is 0 Å². The Bertz CT molecular complexity index is 453. The predicted octanol–water partition coefficient (Wildman–Crippen LogP) is 4.79. The lowest BCUT2D eigenvalue weighted by Gasteiger charge is -2.05. The zero-order valence-electron chi connectivity index (χ0n) is 10.4. The fourth-order valence-corrected chi connectivity index (χ4v) is 1.76. The van der Waals surface area contributed by atoms with Crippen LogP contribution in [0.2, 0.25) is 0 Å². The number of hydrogen-bond acceptors (Lipinski definition) is 0. The number of hydrogen-bond donors (Lipinski definition) is 0. The first-order chi connectivity index (χ1) is 7.18. The van der Waals surface area contributed by atoms with Crippen LogP contribution in [0.5, 0.6) is 0 Å². The number of fused-ring (bicyclic) bond motifs is 1. The summed E-state index contributed by atoms with van der Waals surface area (Å²) in [5.74, 6) is 0. The third-order valence-electron chi connectivity index (χ3n) is 2.61. The van der Waals surface area contributed by atoms with Crippen molar-refractivity contribution in [1.29, 1.82) is 0 Å². The molecule has 0 heteroatoms. The molecule has 0 nitrogen and oxygen atoms in total. The SMILES string of the molecule is CC.Cc1ccc2c(C)ccc(C)c2c1. The highest BCUT2D eigenvalue weighted by Crippen LogP contribution is 2.22. The van der Waals surface area contributed by atoms with Crippen molar-refractivity contribution in [1.82, 2.24) is 0 Å². The molecule has 0 aliphatic heterocycles. The molecule has 0 radical (unpaired) electrons. The van der Waals surface area contributed by atoms with Crippen molar-refractivity contribution in [2.45, 2.75) is 34.6 Å². The number of aryl methyl sites for hydroxylation is 3. The van der Waals surface area contributed by atoms with Crippen LogP contribution in [0.3, 0.4) is 0 Å². The lowest BCUT2D eigenvalue weighted by atomic mass is 9.99. The fourth-order valence-electron chi connectivity index (χ4n) is 1.76. The summed E-state index contributed by atoms with van der Waals surface area (Å²) in [6.45, 7) is 10.5. The minimum atomic E-state index is 1.33. The molecule has 0 saturated carbocycles. The molecule has 15 heavy (non-hydrogen) atoms. The maximum Gasteiger partial charge on any atom is -0.0149 e. The van der Waals surface area contributed by atoms with Crippen molar-refractivity contribution < 1.29 is 0 Å². The Hall–Kier alpha value is -1.30. The second-order valence-electron chi connectivity index (χ2n) is 3.75. The van der Waals surface area contributed by atoms with Crippen molar-refractivity contribution in [3.63, 3.8) is 0 Å². The summed E-state index contributed by atoms with van der Waals surface area (Å²) >= 11 is 0. The molecule has 0 aromatic heterocycles. The molecule has 2 rings (SSSR count). The van der Waals surface area contributed by atoms with Crippen LogP contribution in [0.15, 0.2) is 30.3 Å². The van der Waals surface area contributed by atoms with E-state index >= 15 is 0 Å². The first kappa shape index (κ1) is 11.8. The van der Waals surface area contributed by atoms with Gasteiger partial charge in [0.2, 0.25) is 0 Å². The summed E-state index contributed by atoms with van der Waals surface area (Å²) < 4.78 is 0. The van der Waals surface area contributed by atoms with Crippen LogP contribution in [0.25, 0.3) is 10.8 Å². The third kappa shape index (κ3) is 2.38. The highest BCUT2D eigenvalue weighted by atomic mass is 14.0. The van der Waals surface area contributed by atoms with Crippen LogP contribution in [0, 0.1) is 20.8 Å². The van der Waals surface area contributed by atoms with Gasteiger partial charge in [-0.2, -0.15) is 0 Å². The van der Waals surface area contributed by atoms with E-state index in [0.29, 0.717) is 0 Å². The van der Waals surface area contributed by atoms with E-state index < -0.39 is 0 Å². The smallest absolute Gasteiger partial charge is 0.0149 e. The zero-order chi connectivity index (χ0) is 11.4. The molecule has 2 aromatic rings. The van der Waals surface area contributed by atoms with Gasteiger partial charge in [0.1, 0.15) is 0 Å². The van der Waals surface area contributed by atoms with Gasteiger partial charge in [-0.1, -0.05) is 49.7 Å². The first-order valence-electron chi connectivity index (χ1n) is 5.65. The summed E-state index contributed by atoms with van der Waals surface area (Å²) in [5.41, 5.74) is 4.06. The molecule has 0 aliphatic carbocycles. The molecule has 0 unspecified atom stereocenters. The largest absolute Gasteiger partial charge is 0.0683 e. The van der Waals surface area contributed by atoms with Gasteiger partial charge < -0.3 is 0 Å². The molecule has 0 aliphatic rings. The normalized spacial score (nSPS) is 9.67. The minimum absolute atomic E-state index is 1.33. The molecule has 0 atom stereocenters. The van der Waals surface area contributed by atoms with Gasteiger partial charge in [-0.3, -0.25) is 0 Å². The monoisotopic (exact) mass is 200 g/mol. The summed E-state index contributed by atoms with van der Waals surface area (Å²) in [6, 6.07) is 11.0. The van der Waals surface area contributed by atoms with Gasteiger partial charge in [0.15, 0.2) is 0 Å². The van der Waals surface area contributed by atoms with Crippen LogP contribution in [0.4, 0.5) is 0 Å². The van der Waals surface area contributed by atoms with Gasteiger partial charge in [0, 0.05) is 0 Å². The van der Waals surface area contributed by atoms with Crippen LogP contribution < -0.4 is 0 Å². The number of benzene rings is 2. The fraction of sp³-hybridized carbons (Fsp3) is 0.333. The van der Waals surface area contributed by atoms with E-state index in [4.69, 9.17) is 0 Å². The van der Waals surface area contributed by atoms with Gasteiger partial charge in [0.05, 0.1) is 0 Å². The summed E-state index contributed by atoms with van der Waals surface area (Å²) in [6.07, 6.45) is 0. The molecular formula is C15H20. The third-order valence-corrected chi connectivity index (χ3v) is 2.61. The molecule has 0 spiro atoms. The standard InChI is InChI=1S/C13H14.C2H6/c1-9-4-7-12-10(2)5-6-11(3)13(12)8-9;1-2/h4-8H,1-3H3;1-2H3. The quantitative estimate of drug-likeness (QED) is 0.573. The van der Waals surface area contributed by atoms with E-state index in [0.717, 1.165) is 0 Å². The van der Waals surface area contributed by atoms with Crippen LogP contribution in [-0.2, 0) is 0 Å². The second-order valence-corrected chi connectivity index (χ2v) is 3.75. The molecule has 0 heterocycles. The molecule has 0 N–H and O–H groups in total. The molecule has 2 aromatic carbocycles. The van der Waals surface area contributed by atoms with Crippen molar-refractivity contribution >= 4 is 10.8 Å². The Morgan fingerprint density at radius 1 is 0.667 bits per heavy atom. The first-order valence-corrected chi connectivity index (χ1v) is 5.65. The van der Waals surface area contributed by atoms with Crippen LogP contribution >= 0.6 is 0 Å². The molecule has 0 fully saturated rings. The summed E-state index contributed by atoms with van der Waals surface area (Å²) in [5, 5.41) is 2.77. The van der Waals surface area contributed by atoms with Gasteiger partial charge in [-0.25, -0.2) is 0 Å². The maximum absolute atomic E-state index is 2.26. The zero-order valence-corrected chi connectivity index (χ0v) is 10.4. The topological polar surface area (TPSA) is 0 Å². The molecule has 0 amide bonds. The highest BCUT2D eigenvalue weighted by Gasteiger charge is 1.99. The lowest BCUT2D eigenvalue weighted by molar-refractivity contribution is 1.43. The van der Waals surface area contributed by atoms with Crippen LogP contribution in [0.1, 0.15) is 30.5 Å². The lowest BCUT2D eigenvalue weighted by Crippen LogP contribution is -1.83. The van der Waals surface area contributed by atoms with Gasteiger partial charge >= 0.3 is 0 Å². The minimum Gasteiger partial charge on any atom is -0.0683 e. The average molecular weight is 200 g/mol. The highest BCUT2D eigenvalue weighted by molar-refractivity contribution is 5.88. The Labute approximate surface area is 92.9 Å². The van der Waals surface area contributed by atoms with Crippen molar-refractivity contribution in [2.24, 2.45) is 0 Å². The molecule has 0 bridgehead atoms. The Kier molecular flexibility index (Phi) is 3.90. The van der Waals surface area contributed by atoms with Crippen LogP contribution in [-0.4, -0.2) is 0 Å². The average Bonchev–Trinajstić information content (AvgIpc) is 2.27. The maximum atomic E-state index is 2.26. The van der Waals surface area contributed by atoms with Crippen molar-refractivity contribution in [2.75, 3.05) is 0 Å². The van der Waals surface area contributed by atoms with Gasteiger partial charge in [0.25, 0.3) is 0 Å². The van der Waals surface area contributed by atoms with Gasteiger partial charge in [-0.05, 0) is 42.7 Å². The summed E-state index contributed by atoms with van der Waals surface area (Å²) in [7, 11) is 0. The Balaban J connectivity index is 0.000000531. The van der Waals surface area contributed by atoms with E-state index in [1.54, 1.807) is 0 Å². The van der Waals surface area contributed by atoms with E-state index in [1.165, 1.54) is 27.5 Å². The van der Waals surface area contributed by atoms with Gasteiger partial charge in [-0.15, -0.1) is 0 Å². The molecular weight excluding hydrogens is 180 g/mol. The van der Waals surface area contributed by atoms with E-state index in [-0.39, 0.29) is 0 Å². The van der Waals surface area contributed by atoms with E-state index in [2.05, 4.69) is 51.1 Å². The van der Waals surface area contributed by atoms with E-state index in [9.17, 15) is 0 Å². The Morgan fingerprint density at radius 2 is 1.20 bits per heavy atom. The van der Waals surface area contributed by atoms with E-state index in [1.807, 2.05) is 13.8 Å². The summed E-state index contributed by atoms with van der Waals surface area (Å²) in [4.78, 5) is 0.